The van der Waals surface area contributed by atoms with Crippen molar-refractivity contribution in [3.63, 3.8) is 0 Å². The molecule has 0 aliphatic carbocycles. The van der Waals surface area contributed by atoms with Crippen molar-refractivity contribution in [3.05, 3.63) is 0 Å². The minimum Gasteiger partial charge on any atom is -0.380 e. The van der Waals surface area contributed by atoms with Crippen molar-refractivity contribution in [1.29, 1.82) is 0 Å². The quantitative estimate of drug-likeness (QED) is 0.378. The third-order valence-corrected chi connectivity index (χ3v) is 2.89. The van der Waals surface area contributed by atoms with Crippen molar-refractivity contribution in [2.45, 2.75) is 33.1 Å². The molecule has 0 aliphatic heterocycles. The number of halogens is 1. The van der Waals surface area contributed by atoms with Crippen molar-refractivity contribution >= 4 is 11.6 Å². The Balaban J connectivity index is 3.60. The van der Waals surface area contributed by atoms with Crippen LogP contribution in [-0.2, 0) is 9.47 Å². The molecule has 0 unspecified atom stereocenters. The Morgan fingerprint density at radius 2 is 1.41 bits per heavy atom. The van der Waals surface area contributed by atoms with Crippen LogP contribution >= 0.6 is 11.6 Å². The molecule has 0 saturated carbocycles. The molecule has 0 spiro atoms. The van der Waals surface area contributed by atoms with Crippen LogP contribution in [0.15, 0.2) is 0 Å². The fraction of sp³-hybridized carbons (Fsp3) is 1.00. The van der Waals surface area contributed by atoms with Gasteiger partial charge in [0.25, 0.3) is 0 Å². The summed E-state index contributed by atoms with van der Waals surface area (Å²) in [5, 5.41) is 0. The Bertz CT molecular complexity index is 137. The number of alkyl halides is 1. The molecule has 0 aromatic rings. The van der Waals surface area contributed by atoms with Gasteiger partial charge in [0.1, 0.15) is 0 Å². The van der Waals surface area contributed by atoms with E-state index < -0.39 is 0 Å². The van der Waals surface area contributed by atoms with Crippen LogP contribution in [0.3, 0.4) is 0 Å². The van der Waals surface area contributed by atoms with Gasteiger partial charge in [-0.25, -0.2) is 0 Å². The van der Waals surface area contributed by atoms with Crippen molar-refractivity contribution in [2.24, 2.45) is 0 Å². The molecule has 0 bridgehead atoms. The Hall–Kier alpha value is 0.170. The number of unbranched alkanes of at least 4 members (excludes halogenated alkanes) is 2. The van der Waals surface area contributed by atoms with Gasteiger partial charge in [0.05, 0.1) is 13.2 Å². The van der Waals surface area contributed by atoms with Gasteiger partial charge >= 0.3 is 0 Å². The monoisotopic (exact) mass is 265 g/mol. The highest BCUT2D eigenvalue weighted by atomic mass is 35.5. The van der Waals surface area contributed by atoms with E-state index in [9.17, 15) is 0 Å². The normalized spacial score (nSPS) is 11.3. The zero-order valence-electron chi connectivity index (χ0n) is 11.4. The van der Waals surface area contributed by atoms with Crippen LogP contribution in [0.4, 0.5) is 0 Å². The molecular weight excluding hydrogens is 238 g/mol. The lowest BCUT2D eigenvalue weighted by Gasteiger charge is -2.21. The number of nitrogens with zero attached hydrogens (tertiary/aromatic N) is 1. The predicted octanol–water partition coefficient (Wildman–Crippen LogP) is 2.77. The van der Waals surface area contributed by atoms with Crippen LogP contribution in [0, 0.1) is 0 Å². The number of hydrogen-bond acceptors (Lipinski definition) is 3. The molecule has 0 amide bonds. The summed E-state index contributed by atoms with van der Waals surface area (Å²) in [6.45, 7) is 10.4. The highest BCUT2D eigenvalue weighted by Crippen LogP contribution is 2.00. The summed E-state index contributed by atoms with van der Waals surface area (Å²) in [5.41, 5.74) is 0. The SMILES string of the molecule is CCOCCN(CCCCCCl)CCOCC. The minimum absolute atomic E-state index is 0.776. The molecule has 0 aromatic heterocycles. The largest absolute Gasteiger partial charge is 0.380 e. The first-order valence-corrected chi connectivity index (χ1v) is 7.32. The van der Waals surface area contributed by atoms with Gasteiger partial charge in [0.15, 0.2) is 0 Å². The van der Waals surface area contributed by atoms with Crippen molar-refractivity contribution < 1.29 is 9.47 Å². The van der Waals surface area contributed by atoms with Crippen LogP contribution in [0.2, 0.25) is 0 Å². The van der Waals surface area contributed by atoms with Crippen molar-refractivity contribution in [3.8, 4) is 0 Å². The van der Waals surface area contributed by atoms with Gasteiger partial charge in [-0.3, -0.25) is 4.90 Å². The second-order valence-electron chi connectivity index (χ2n) is 3.99. The second-order valence-corrected chi connectivity index (χ2v) is 4.36. The maximum atomic E-state index is 5.67. The second kappa shape index (κ2) is 14.2. The lowest BCUT2D eigenvalue weighted by molar-refractivity contribution is 0.0821. The minimum atomic E-state index is 0.776. The molecule has 4 heteroatoms. The fourth-order valence-corrected chi connectivity index (χ4v) is 1.81. The van der Waals surface area contributed by atoms with E-state index in [0.29, 0.717) is 0 Å². The standard InChI is InChI=1S/C13H28ClNO2/c1-3-16-12-10-15(11-13-17-4-2)9-7-5-6-8-14/h3-13H2,1-2H3. The van der Waals surface area contributed by atoms with E-state index >= 15 is 0 Å². The Morgan fingerprint density at radius 3 is 1.88 bits per heavy atom. The summed E-state index contributed by atoms with van der Waals surface area (Å²) in [4.78, 5) is 2.42. The van der Waals surface area contributed by atoms with Gasteiger partial charge in [-0.2, -0.15) is 0 Å². The van der Waals surface area contributed by atoms with Gasteiger partial charge in [0, 0.05) is 32.2 Å². The average Bonchev–Trinajstić information content (AvgIpc) is 2.34. The van der Waals surface area contributed by atoms with E-state index in [0.717, 1.165) is 58.4 Å². The summed E-state index contributed by atoms with van der Waals surface area (Å²) in [7, 11) is 0. The van der Waals surface area contributed by atoms with Gasteiger partial charge in [-0.05, 0) is 33.2 Å². The van der Waals surface area contributed by atoms with Crippen molar-refractivity contribution in [1.82, 2.24) is 4.90 Å². The summed E-state index contributed by atoms with van der Waals surface area (Å²) < 4.78 is 10.8. The molecule has 0 heterocycles. The first-order valence-electron chi connectivity index (χ1n) is 6.78. The van der Waals surface area contributed by atoms with E-state index in [2.05, 4.69) is 4.90 Å². The molecule has 0 rings (SSSR count). The van der Waals surface area contributed by atoms with E-state index in [1.165, 1.54) is 12.8 Å². The summed E-state index contributed by atoms with van der Waals surface area (Å²) >= 11 is 5.67. The van der Waals surface area contributed by atoms with E-state index in [-0.39, 0.29) is 0 Å². The first-order chi connectivity index (χ1) is 8.35. The Labute approximate surface area is 111 Å². The lowest BCUT2D eigenvalue weighted by atomic mass is 10.2. The molecule has 104 valence electrons. The maximum Gasteiger partial charge on any atom is 0.0593 e. The smallest absolute Gasteiger partial charge is 0.0593 e. The molecule has 0 aliphatic rings. The molecular formula is C13H28ClNO2. The number of hydrogen-bond donors (Lipinski definition) is 0. The van der Waals surface area contributed by atoms with Gasteiger partial charge in [-0.15, -0.1) is 11.6 Å². The molecule has 0 aromatic carbocycles. The zero-order chi connectivity index (χ0) is 12.8. The van der Waals surface area contributed by atoms with Crippen LogP contribution in [0.25, 0.3) is 0 Å². The Morgan fingerprint density at radius 1 is 0.824 bits per heavy atom. The maximum absolute atomic E-state index is 5.67. The lowest BCUT2D eigenvalue weighted by Crippen LogP contribution is -2.32. The van der Waals surface area contributed by atoms with Crippen LogP contribution < -0.4 is 0 Å². The molecule has 3 nitrogen and oxygen atoms in total. The van der Waals surface area contributed by atoms with Crippen LogP contribution in [0.5, 0.6) is 0 Å². The van der Waals surface area contributed by atoms with Crippen molar-refractivity contribution in [2.75, 3.05) is 51.9 Å². The van der Waals surface area contributed by atoms with E-state index in [1.807, 2.05) is 13.8 Å². The topological polar surface area (TPSA) is 21.7 Å². The molecule has 17 heavy (non-hydrogen) atoms. The zero-order valence-corrected chi connectivity index (χ0v) is 12.2. The van der Waals surface area contributed by atoms with Crippen LogP contribution in [0.1, 0.15) is 33.1 Å². The van der Waals surface area contributed by atoms with E-state index in [4.69, 9.17) is 21.1 Å². The van der Waals surface area contributed by atoms with E-state index in [1.54, 1.807) is 0 Å². The molecule has 0 N–H and O–H groups in total. The molecule has 0 atom stereocenters. The first kappa shape index (κ1) is 17.2. The predicted molar refractivity (Wildman–Crippen MR) is 74.0 cm³/mol. The summed E-state index contributed by atoms with van der Waals surface area (Å²) in [5.74, 6) is 0.776. The average molecular weight is 266 g/mol. The molecule has 0 radical (unpaired) electrons. The molecule has 0 saturated heterocycles. The van der Waals surface area contributed by atoms with Gasteiger partial charge < -0.3 is 9.47 Å². The number of ether oxygens (including phenoxy) is 2. The Kier molecular flexibility index (Phi) is 14.4. The summed E-state index contributed by atoms with van der Waals surface area (Å²) in [6, 6.07) is 0. The third-order valence-electron chi connectivity index (χ3n) is 2.62. The van der Waals surface area contributed by atoms with Gasteiger partial charge in [0.2, 0.25) is 0 Å². The fourth-order valence-electron chi connectivity index (χ4n) is 1.62. The van der Waals surface area contributed by atoms with Crippen LogP contribution in [-0.4, -0.2) is 56.8 Å². The highest BCUT2D eigenvalue weighted by molar-refractivity contribution is 6.17. The molecule has 0 fully saturated rings. The van der Waals surface area contributed by atoms with Gasteiger partial charge in [-0.1, -0.05) is 6.42 Å². The summed E-state index contributed by atoms with van der Waals surface area (Å²) in [6.07, 6.45) is 3.54. The highest BCUT2D eigenvalue weighted by Gasteiger charge is 2.04. The number of rotatable bonds is 13. The third kappa shape index (κ3) is 12.4.